The number of carboxylic acid groups (broad SMARTS) is 1. The largest absolute Gasteiger partial charge is 0.692 e. The standard InChI is InChI=1S/C7H7NO3.HO3P/c9-7(10)5-11-6-2-1-3-8-4-6;1-4(2)3/h1-4H,5H2,(H,9,10);(H-,1,2,3)/p+1. The molecule has 0 spiro atoms. The third-order valence-corrected chi connectivity index (χ3v) is 0.997. The van der Waals surface area contributed by atoms with Crippen molar-refractivity contribution in [1.82, 2.24) is 4.98 Å². The number of aromatic nitrogens is 1. The summed E-state index contributed by atoms with van der Waals surface area (Å²) < 4.78 is 13.5. The summed E-state index contributed by atoms with van der Waals surface area (Å²) in [6.07, 6.45) is 3.05. The van der Waals surface area contributed by atoms with E-state index in [1.54, 1.807) is 18.3 Å². The predicted molar refractivity (Wildman–Crippen MR) is 49.4 cm³/mol. The van der Waals surface area contributed by atoms with Crippen molar-refractivity contribution in [2.75, 3.05) is 6.61 Å². The average Bonchev–Trinajstić information content (AvgIpc) is 2.15. The number of rotatable bonds is 3. The highest BCUT2D eigenvalue weighted by atomic mass is 31.1. The molecule has 0 amide bonds. The molecule has 15 heavy (non-hydrogen) atoms. The summed E-state index contributed by atoms with van der Waals surface area (Å²) in [5, 5.41) is 8.23. The van der Waals surface area contributed by atoms with Crippen LogP contribution in [0.5, 0.6) is 5.75 Å². The highest BCUT2D eigenvalue weighted by molar-refractivity contribution is 7.30. The van der Waals surface area contributed by atoms with Crippen molar-refractivity contribution in [1.29, 1.82) is 0 Å². The highest BCUT2D eigenvalue weighted by Gasteiger charge is 1.96. The number of carboxylic acids is 1. The fourth-order valence-corrected chi connectivity index (χ4v) is 0.578. The topological polar surface area (TPSA) is 117 Å². The van der Waals surface area contributed by atoms with Gasteiger partial charge in [0.25, 0.3) is 0 Å². The van der Waals surface area contributed by atoms with Crippen LogP contribution < -0.4 is 4.74 Å². The van der Waals surface area contributed by atoms with Crippen LogP contribution in [-0.4, -0.2) is 32.5 Å². The van der Waals surface area contributed by atoms with E-state index in [1.165, 1.54) is 6.20 Å². The van der Waals surface area contributed by atoms with Crippen LogP contribution in [-0.2, 0) is 9.36 Å². The van der Waals surface area contributed by atoms with Crippen molar-refractivity contribution in [2.24, 2.45) is 0 Å². The minimum atomic E-state index is -2.87. The van der Waals surface area contributed by atoms with Crippen LogP contribution in [0.2, 0.25) is 0 Å². The number of pyridine rings is 1. The molecule has 0 saturated carbocycles. The maximum atomic E-state index is 10.0. The zero-order valence-electron chi connectivity index (χ0n) is 7.48. The molecule has 8 heteroatoms. The van der Waals surface area contributed by atoms with E-state index in [1.807, 2.05) is 0 Å². The van der Waals surface area contributed by atoms with E-state index in [0.717, 1.165) is 0 Å². The molecule has 0 aliphatic carbocycles. The third-order valence-electron chi connectivity index (χ3n) is 0.997. The van der Waals surface area contributed by atoms with Crippen LogP contribution in [0, 0.1) is 0 Å². The lowest BCUT2D eigenvalue weighted by atomic mass is 10.5. The maximum absolute atomic E-state index is 10.0. The van der Waals surface area contributed by atoms with E-state index < -0.39 is 14.2 Å². The van der Waals surface area contributed by atoms with Gasteiger partial charge in [-0.2, -0.15) is 0 Å². The molecule has 1 rings (SSSR count). The van der Waals surface area contributed by atoms with Gasteiger partial charge in [-0.05, 0) is 12.1 Å². The van der Waals surface area contributed by atoms with Crippen LogP contribution >= 0.6 is 8.25 Å². The molecule has 1 aromatic heterocycles. The first-order valence-corrected chi connectivity index (χ1v) is 4.78. The molecule has 0 fully saturated rings. The second-order valence-electron chi connectivity index (χ2n) is 2.12. The number of ether oxygens (including phenoxy) is 1. The van der Waals surface area contributed by atoms with E-state index in [0.29, 0.717) is 5.75 Å². The van der Waals surface area contributed by atoms with Crippen molar-refractivity contribution in [3.05, 3.63) is 24.5 Å². The first-order chi connectivity index (χ1) is 7.02. The molecular formula is C7H9NO6P+. The molecule has 0 aliphatic heterocycles. The Kier molecular flexibility index (Phi) is 7.00. The molecule has 0 aliphatic rings. The molecule has 0 saturated heterocycles. The van der Waals surface area contributed by atoms with Crippen LogP contribution in [0.25, 0.3) is 0 Å². The fourth-order valence-electron chi connectivity index (χ4n) is 0.578. The SMILES string of the molecule is O=C(O)COc1cccnc1.O=[P+](O)O. The van der Waals surface area contributed by atoms with Gasteiger partial charge < -0.3 is 9.84 Å². The normalized spacial score (nSPS) is 8.40. The van der Waals surface area contributed by atoms with Gasteiger partial charge in [-0.25, -0.2) is 4.79 Å². The molecule has 3 N–H and O–H groups in total. The summed E-state index contributed by atoms with van der Waals surface area (Å²) in [6, 6.07) is 3.33. The first kappa shape index (κ1) is 13.4. The lowest BCUT2D eigenvalue weighted by Crippen LogP contribution is -2.09. The first-order valence-electron chi connectivity index (χ1n) is 3.62. The molecule has 0 aromatic carbocycles. The smallest absolute Gasteiger partial charge is 0.480 e. The summed E-state index contributed by atoms with van der Waals surface area (Å²) in [5.41, 5.74) is 0. The predicted octanol–water partition coefficient (Wildman–Crippen LogP) is 0.173. The van der Waals surface area contributed by atoms with Crippen LogP contribution in [0.4, 0.5) is 0 Å². The molecule has 0 radical (unpaired) electrons. The number of hydrogen-bond acceptors (Lipinski definition) is 4. The van der Waals surface area contributed by atoms with E-state index in [4.69, 9.17) is 24.2 Å². The van der Waals surface area contributed by atoms with Gasteiger partial charge in [0.05, 0.1) is 6.20 Å². The summed E-state index contributed by atoms with van der Waals surface area (Å²) in [7, 11) is -2.87. The number of nitrogens with zero attached hydrogens (tertiary/aromatic N) is 1. The second kappa shape index (κ2) is 7.81. The van der Waals surface area contributed by atoms with Gasteiger partial charge in [0, 0.05) is 10.8 Å². The minimum absolute atomic E-state index is 0.328. The lowest BCUT2D eigenvalue weighted by Gasteiger charge is -1.99. The van der Waals surface area contributed by atoms with Gasteiger partial charge >= 0.3 is 14.2 Å². The molecule has 82 valence electrons. The van der Waals surface area contributed by atoms with Crippen molar-refractivity contribution in [3.63, 3.8) is 0 Å². The zero-order valence-corrected chi connectivity index (χ0v) is 8.37. The Bertz CT molecular complexity index is 313. The third kappa shape index (κ3) is 10.4. The highest BCUT2D eigenvalue weighted by Crippen LogP contribution is 2.04. The zero-order chi connectivity index (χ0) is 11.7. The molecule has 1 heterocycles. The Morgan fingerprint density at radius 1 is 1.53 bits per heavy atom. The summed E-state index contributed by atoms with van der Waals surface area (Å²) >= 11 is 0. The van der Waals surface area contributed by atoms with Crippen LogP contribution in [0.1, 0.15) is 0 Å². The van der Waals surface area contributed by atoms with E-state index >= 15 is 0 Å². The Morgan fingerprint density at radius 2 is 2.13 bits per heavy atom. The van der Waals surface area contributed by atoms with Crippen molar-refractivity contribution in [3.8, 4) is 5.75 Å². The Labute approximate surface area is 85.9 Å². The summed E-state index contributed by atoms with van der Waals surface area (Å²) in [4.78, 5) is 28.0. The number of carbonyl (C=O) groups is 1. The van der Waals surface area contributed by atoms with E-state index in [2.05, 4.69) is 4.98 Å². The fraction of sp³-hybridized carbons (Fsp3) is 0.143. The van der Waals surface area contributed by atoms with Crippen molar-refractivity contribution >= 4 is 14.2 Å². The van der Waals surface area contributed by atoms with Gasteiger partial charge in [-0.15, -0.1) is 9.79 Å². The lowest BCUT2D eigenvalue weighted by molar-refractivity contribution is -0.139. The summed E-state index contributed by atoms with van der Waals surface area (Å²) in [6.45, 7) is -0.328. The molecule has 1 aromatic rings. The molecular weight excluding hydrogens is 225 g/mol. The van der Waals surface area contributed by atoms with Crippen molar-refractivity contribution < 1.29 is 29.0 Å². The van der Waals surface area contributed by atoms with Gasteiger partial charge in [0.1, 0.15) is 5.75 Å². The monoisotopic (exact) mass is 234 g/mol. The van der Waals surface area contributed by atoms with E-state index in [9.17, 15) is 4.79 Å². The molecule has 0 bridgehead atoms. The minimum Gasteiger partial charge on any atom is -0.480 e. The molecule has 0 atom stereocenters. The van der Waals surface area contributed by atoms with Crippen LogP contribution in [0.3, 0.4) is 0 Å². The number of aliphatic carboxylic acids is 1. The van der Waals surface area contributed by atoms with Gasteiger partial charge in [-0.3, -0.25) is 4.98 Å². The van der Waals surface area contributed by atoms with Gasteiger partial charge in [0.15, 0.2) is 6.61 Å². The quantitative estimate of drug-likeness (QED) is 0.638. The van der Waals surface area contributed by atoms with Crippen molar-refractivity contribution in [2.45, 2.75) is 0 Å². The number of hydrogen-bond donors (Lipinski definition) is 3. The Balaban J connectivity index is 0.000000423. The maximum Gasteiger partial charge on any atom is 0.692 e. The van der Waals surface area contributed by atoms with Gasteiger partial charge in [-0.1, -0.05) is 0 Å². The Morgan fingerprint density at radius 3 is 2.53 bits per heavy atom. The average molecular weight is 234 g/mol. The molecule has 0 unspecified atom stereocenters. The summed E-state index contributed by atoms with van der Waals surface area (Å²) in [5.74, 6) is -0.524. The Hall–Kier alpha value is -1.56. The van der Waals surface area contributed by atoms with E-state index in [-0.39, 0.29) is 6.61 Å². The molecule has 7 nitrogen and oxygen atoms in total. The van der Waals surface area contributed by atoms with Gasteiger partial charge in [0.2, 0.25) is 0 Å². The van der Waals surface area contributed by atoms with Crippen LogP contribution in [0.15, 0.2) is 24.5 Å². The second-order valence-corrected chi connectivity index (χ2v) is 2.63.